The van der Waals surface area contributed by atoms with Crippen molar-refractivity contribution in [1.29, 1.82) is 0 Å². The molecule has 0 saturated carbocycles. The molecule has 2 aliphatic rings. The molecule has 0 spiro atoms. The molecule has 0 unspecified atom stereocenters. The number of ether oxygens (including phenoxy) is 2. The zero-order valence-corrected chi connectivity index (χ0v) is 11.8. The van der Waals surface area contributed by atoms with Gasteiger partial charge >= 0.3 is 0 Å². The Morgan fingerprint density at radius 3 is 2.53 bits per heavy atom. The van der Waals surface area contributed by atoms with Gasteiger partial charge in [0.1, 0.15) is 5.60 Å². The maximum atomic E-state index is 6.39. The lowest BCUT2D eigenvalue weighted by Gasteiger charge is -2.37. The average molecular weight is 258 g/mol. The minimum Gasteiger partial charge on any atom is -0.347 e. The number of hydrogen-bond acceptors (Lipinski definition) is 2. The van der Waals surface area contributed by atoms with Crippen LogP contribution < -0.4 is 0 Å². The van der Waals surface area contributed by atoms with Crippen LogP contribution in [0.4, 0.5) is 0 Å². The van der Waals surface area contributed by atoms with Crippen molar-refractivity contribution in [3.63, 3.8) is 0 Å². The third kappa shape index (κ3) is 2.35. The summed E-state index contributed by atoms with van der Waals surface area (Å²) in [5, 5.41) is 0. The van der Waals surface area contributed by atoms with E-state index in [-0.39, 0.29) is 5.60 Å². The SMILES string of the molecule is CC1(C)OC[C@](c2ccccc2)([C@@H]2C=CCCC2)O1. The molecule has 102 valence electrons. The molecule has 0 bridgehead atoms. The van der Waals surface area contributed by atoms with Crippen LogP contribution in [0, 0.1) is 5.92 Å². The second-order valence-electron chi connectivity index (χ2n) is 6.01. The average Bonchev–Trinajstić information content (AvgIpc) is 2.78. The molecule has 0 N–H and O–H groups in total. The molecular formula is C17H22O2. The van der Waals surface area contributed by atoms with Crippen molar-refractivity contribution < 1.29 is 9.47 Å². The van der Waals surface area contributed by atoms with E-state index in [1.165, 1.54) is 24.8 Å². The van der Waals surface area contributed by atoms with Crippen molar-refractivity contribution in [3.8, 4) is 0 Å². The summed E-state index contributed by atoms with van der Waals surface area (Å²) in [5.41, 5.74) is 0.916. The first-order valence-corrected chi connectivity index (χ1v) is 7.19. The third-order valence-corrected chi connectivity index (χ3v) is 4.18. The van der Waals surface area contributed by atoms with Crippen LogP contribution in [0.15, 0.2) is 42.5 Å². The van der Waals surface area contributed by atoms with E-state index in [9.17, 15) is 0 Å². The monoisotopic (exact) mass is 258 g/mol. The van der Waals surface area contributed by atoms with Crippen molar-refractivity contribution >= 4 is 0 Å². The highest BCUT2D eigenvalue weighted by Gasteiger charge is 2.50. The molecule has 2 nitrogen and oxygen atoms in total. The van der Waals surface area contributed by atoms with Gasteiger partial charge in [0.2, 0.25) is 0 Å². The summed E-state index contributed by atoms with van der Waals surface area (Å²) in [7, 11) is 0. The van der Waals surface area contributed by atoms with Crippen LogP contribution in [0.1, 0.15) is 38.7 Å². The molecule has 2 atom stereocenters. The Morgan fingerprint density at radius 1 is 1.16 bits per heavy atom. The molecule has 1 aromatic carbocycles. The van der Waals surface area contributed by atoms with Crippen molar-refractivity contribution in [2.24, 2.45) is 5.92 Å². The van der Waals surface area contributed by atoms with Gasteiger partial charge in [-0.1, -0.05) is 42.5 Å². The molecule has 1 aromatic rings. The molecular weight excluding hydrogens is 236 g/mol. The van der Waals surface area contributed by atoms with Gasteiger partial charge in [0.25, 0.3) is 0 Å². The molecule has 0 aromatic heterocycles. The molecule has 1 fully saturated rings. The summed E-state index contributed by atoms with van der Waals surface area (Å²) in [4.78, 5) is 0. The van der Waals surface area contributed by atoms with Crippen LogP contribution in [-0.2, 0) is 15.1 Å². The van der Waals surface area contributed by atoms with Gasteiger partial charge in [0.15, 0.2) is 5.79 Å². The molecule has 3 rings (SSSR count). The van der Waals surface area contributed by atoms with Crippen molar-refractivity contribution in [3.05, 3.63) is 48.0 Å². The van der Waals surface area contributed by atoms with Gasteiger partial charge in [0.05, 0.1) is 6.61 Å². The third-order valence-electron chi connectivity index (χ3n) is 4.18. The first-order chi connectivity index (χ1) is 9.12. The van der Waals surface area contributed by atoms with Gasteiger partial charge in [-0.2, -0.15) is 0 Å². The summed E-state index contributed by atoms with van der Waals surface area (Å²) < 4.78 is 12.3. The molecule has 1 aliphatic carbocycles. The Balaban J connectivity index is 2.01. The van der Waals surface area contributed by atoms with E-state index in [4.69, 9.17) is 9.47 Å². The fraction of sp³-hybridized carbons (Fsp3) is 0.529. The number of rotatable bonds is 2. The topological polar surface area (TPSA) is 18.5 Å². The number of hydrogen-bond donors (Lipinski definition) is 0. The molecule has 0 radical (unpaired) electrons. The Bertz CT molecular complexity index is 463. The predicted octanol–water partition coefficient (Wildman–Crippen LogP) is 4.02. The summed E-state index contributed by atoms with van der Waals surface area (Å²) >= 11 is 0. The van der Waals surface area contributed by atoms with Gasteiger partial charge in [-0.25, -0.2) is 0 Å². The fourth-order valence-corrected chi connectivity index (χ4v) is 3.24. The van der Waals surface area contributed by atoms with Crippen molar-refractivity contribution in [2.75, 3.05) is 6.61 Å². The van der Waals surface area contributed by atoms with E-state index < -0.39 is 5.79 Å². The lowest BCUT2D eigenvalue weighted by Crippen LogP contribution is -2.39. The van der Waals surface area contributed by atoms with Gasteiger partial charge in [-0.3, -0.25) is 0 Å². The number of allylic oxidation sites excluding steroid dienone is 1. The minimum absolute atomic E-state index is 0.318. The van der Waals surface area contributed by atoms with Crippen LogP contribution in [-0.4, -0.2) is 12.4 Å². The van der Waals surface area contributed by atoms with E-state index in [1.54, 1.807) is 0 Å². The summed E-state index contributed by atoms with van der Waals surface area (Å²) in [5.74, 6) is -0.0911. The normalized spacial score (nSPS) is 33.5. The smallest absolute Gasteiger partial charge is 0.164 e. The second-order valence-corrected chi connectivity index (χ2v) is 6.01. The standard InChI is InChI=1S/C17H22O2/c1-16(2)18-13-17(19-16,14-9-5-3-6-10-14)15-11-7-4-8-12-15/h3,5-7,9-11,15H,4,8,12-13H2,1-2H3/t15-,17+/m1/s1. The molecule has 0 amide bonds. The van der Waals surface area contributed by atoms with Gasteiger partial charge in [0, 0.05) is 5.92 Å². The number of benzene rings is 1. The molecule has 19 heavy (non-hydrogen) atoms. The highest BCUT2D eigenvalue weighted by molar-refractivity contribution is 5.27. The first kappa shape index (κ1) is 12.9. The maximum Gasteiger partial charge on any atom is 0.164 e. The summed E-state index contributed by atoms with van der Waals surface area (Å²) in [6.45, 7) is 4.65. The molecule has 1 heterocycles. The Morgan fingerprint density at radius 2 is 1.95 bits per heavy atom. The van der Waals surface area contributed by atoms with Crippen molar-refractivity contribution in [2.45, 2.75) is 44.5 Å². The molecule has 1 aliphatic heterocycles. The summed E-state index contributed by atoms with van der Waals surface area (Å²) in [6, 6.07) is 10.5. The van der Waals surface area contributed by atoms with Crippen LogP contribution >= 0.6 is 0 Å². The Labute approximate surface area is 115 Å². The van der Waals surface area contributed by atoms with Crippen LogP contribution in [0.25, 0.3) is 0 Å². The van der Waals surface area contributed by atoms with E-state index in [0.29, 0.717) is 12.5 Å². The van der Waals surface area contributed by atoms with E-state index in [2.05, 4.69) is 42.5 Å². The van der Waals surface area contributed by atoms with Gasteiger partial charge in [-0.05, 0) is 38.7 Å². The Kier molecular flexibility index (Phi) is 3.23. The molecule has 2 heteroatoms. The van der Waals surface area contributed by atoms with E-state index in [0.717, 1.165) is 0 Å². The van der Waals surface area contributed by atoms with Gasteiger partial charge in [-0.15, -0.1) is 0 Å². The maximum absolute atomic E-state index is 6.39. The quantitative estimate of drug-likeness (QED) is 0.746. The first-order valence-electron chi connectivity index (χ1n) is 7.19. The minimum atomic E-state index is -0.499. The Hall–Kier alpha value is -1.12. The fourth-order valence-electron chi connectivity index (χ4n) is 3.24. The lowest BCUT2D eigenvalue weighted by molar-refractivity contribution is -0.173. The lowest BCUT2D eigenvalue weighted by atomic mass is 9.77. The van der Waals surface area contributed by atoms with Gasteiger partial charge < -0.3 is 9.47 Å². The highest BCUT2D eigenvalue weighted by Crippen LogP contribution is 2.47. The van der Waals surface area contributed by atoms with Crippen molar-refractivity contribution in [1.82, 2.24) is 0 Å². The largest absolute Gasteiger partial charge is 0.347 e. The van der Waals surface area contributed by atoms with Crippen LogP contribution in [0.2, 0.25) is 0 Å². The van der Waals surface area contributed by atoms with E-state index >= 15 is 0 Å². The molecule has 1 saturated heterocycles. The second kappa shape index (κ2) is 4.77. The zero-order chi connectivity index (χ0) is 13.3. The van der Waals surface area contributed by atoms with Crippen LogP contribution in [0.5, 0.6) is 0 Å². The van der Waals surface area contributed by atoms with E-state index in [1.807, 2.05) is 13.8 Å². The summed E-state index contributed by atoms with van der Waals surface area (Å²) in [6.07, 6.45) is 8.20. The highest BCUT2D eigenvalue weighted by atomic mass is 16.8. The predicted molar refractivity (Wildman–Crippen MR) is 75.7 cm³/mol. The zero-order valence-electron chi connectivity index (χ0n) is 11.8. The van der Waals surface area contributed by atoms with Crippen LogP contribution in [0.3, 0.4) is 0 Å².